The Morgan fingerprint density at radius 1 is 0.800 bits per heavy atom. The lowest BCUT2D eigenvalue weighted by Crippen LogP contribution is -1.96. The lowest BCUT2D eigenvalue weighted by molar-refractivity contribution is 0.886. The summed E-state index contributed by atoms with van der Waals surface area (Å²) >= 11 is 0. The highest BCUT2D eigenvalue weighted by molar-refractivity contribution is 5.81. The number of anilines is 2. The first-order chi connectivity index (χ1) is 9.69. The minimum absolute atomic E-state index is 0.621. The monoisotopic (exact) mass is 268 g/mol. The van der Waals surface area contributed by atoms with Gasteiger partial charge in [-0.2, -0.15) is 0 Å². The summed E-state index contributed by atoms with van der Waals surface area (Å²) in [5.41, 5.74) is 14.9. The number of nitrogens with two attached hydrogens (primary N) is 2. The van der Waals surface area contributed by atoms with Crippen LogP contribution in [0.3, 0.4) is 0 Å². The first-order valence-electron chi connectivity index (χ1n) is 7.06. The third kappa shape index (κ3) is 5.19. The van der Waals surface area contributed by atoms with Crippen molar-refractivity contribution in [2.24, 2.45) is 0 Å². The van der Waals surface area contributed by atoms with Crippen molar-refractivity contribution >= 4 is 23.5 Å². The Labute approximate surface area is 122 Å². The molecule has 0 saturated heterocycles. The second kappa shape index (κ2) is 8.81. The molecule has 20 heavy (non-hydrogen) atoms. The first kappa shape index (κ1) is 15.8. The second-order valence-electron chi connectivity index (χ2n) is 4.59. The van der Waals surface area contributed by atoms with Gasteiger partial charge in [0.1, 0.15) is 0 Å². The lowest BCUT2D eigenvalue weighted by atomic mass is 10.1. The minimum atomic E-state index is 0.621. The second-order valence-corrected chi connectivity index (χ2v) is 4.59. The highest BCUT2D eigenvalue weighted by Crippen LogP contribution is 2.21. The Bertz CT molecular complexity index is 528. The van der Waals surface area contributed by atoms with Crippen molar-refractivity contribution < 1.29 is 0 Å². The Kier molecular flexibility index (Phi) is 6.97. The van der Waals surface area contributed by atoms with Crippen LogP contribution in [0, 0.1) is 0 Å². The molecule has 0 aliphatic rings. The predicted octanol–water partition coefficient (Wildman–Crippen LogP) is 4.83. The van der Waals surface area contributed by atoms with Gasteiger partial charge in [-0.15, -0.1) is 0 Å². The fourth-order valence-electron chi connectivity index (χ4n) is 1.50. The molecule has 0 aromatic heterocycles. The van der Waals surface area contributed by atoms with Crippen molar-refractivity contribution in [1.29, 1.82) is 0 Å². The summed E-state index contributed by atoms with van der Waals surface area (Å²) in [7, 11) is 0. The van der Waals surface area contributed by atoms with Crippen LogP contribution in [-0.4, -0.2) is 0 Å². The number of hydrogen-bond acceptors (Lipinski definition) is 2. The van der Waals surface area contributed by atoms with Crippen molar-refractivity contribution in [1.82, 2.24) is 0 Å². The summed E-state index contributed by atoms with van der Waals surface area (Å²) < 4.78 is 0. The van der Waals surface area contributed by atoms with E-state index >= 15 is 0 Å². The molecule has 0 saturated carbocycles. The van der Waals surface area contributed by atoms with Crippen molar-refractivity contribution in [3.63, 3.8) is 0 Å². The van der Waals surface area contributed by atoms with Gasteiger partial charge in [0.05, 0.1) is 11.4 Å². The van der Waals surface area contributed by atoms with Crippen LogP contribution in [0.4, 0.5) is 11.4 Å². The molecule has 0 bridgehead atoms. The number of benzene rings is 2. The molecule has 106 valence electrons. The molecular formula is C18H24N2. The average Bonchev–Trinajstić information content (AvgIpc) is 2.50. The molecule has 2 aromatic rings. The van der Waals surface area contributed by atoms with E-state index in [1.54, 1.807) is 6.07 Å². The van der Waals surface area contributed by atoms with Crippen LogP contribution in [0.5, 0.6) is 0 Å². The number of rotatable bonds is 3. The zero-order chi connectivity index (χ0) is 14.8. The standard InChI is InChI=1S/C14H14N2.C4H10/c15-13-8-4-7-12(14(13)16)10-9-11-5-2-1-3-6-11;1-3-4-2/h1-10H,15-16H2;3-4H2,1-2H3. The van der Waals surface area contributed by atoms with Gasteiger partial charge in [0, 0.05) is 0 Å². The Hall–Kier alpha value is -2.22. The van der Waals surface area contributed by atoms with Crippen LogP contribution in [-0.2, 0) is 0 Å². The van der Waals surface area contributed by atoms with E-state index in [1.165, 1.54) is 12.8 Å². The summed E-state index contributed by atoms with van der Waals surface area (Å²) in [6, 6.07) is 15.7. The quantitative estimate of drug-likeness (QED) is 0.619. The zero-order valence-corrected chi connectivity index (χ0v) is 12.3. The van der Waals surface area contributed by atoms with Crippen LogP contribution in [0.2, 0.25) is 0 Å². The van der Waals surface area contributed by atoms with Gasteiger partial charge in [0.15, 0.2) is 0 Å². The van der Waals surface area contributed by atoms with Gasteiger partial charge in [-0.1, -0.05) is 81.3 Å². The highest BCUT2D eigenvalue weighted by Gasteiger charge is 1.97. The summed E-state index contributed by atoms with van der Waals surface area (Å²) in [6.07, 6.45) is 6.63. The zero-order valence-electron chi connectivity index (χ0n) is 12.3. The maximum absolute atomic E-state index is 5.87. The largest absolute Gasteiger partial charge is 0.397 e. The predicted molar refractivity (Wildman–Crippen MR) is 91.2 cm³/mol. The smallest absolute Gasteiger partial charge is 0.0621 e. The molecule has 0 aliphatic carbocycles. The van der Waals surface area contributed by atoms with E-state index in [0.29, 0.717) is 11.4 Å². The third-order valence-corrected chi connectivity index (χ3v) is 2.93. The molecule has 0 atom stereocenters. The summed E-state index contributed by atoms with van der Waals surface area (Å²) in [5, 5.41) is 0. The number of unbranched alkanes of at least 4 members (excludes halogenated alkanes) is 1. The summed E-state index contributed by atoms with van der Waals surface area (Å²) in [6.45, 7) is 4.36. The molecule has 0 heterocycles. The number of para-hydroxylation sites is 1. The van der Waals surface area contributed by atoms with Gasteiger partial charge in [0.25, 0.3) is 0 Å². The van der Waals surface area contributed by atoms with Gasteiger partial charge >= 0.3 is 0 Å². The average molecular weight is 268 g/mol. The first-order valence-corrected chi connectivity index (χ1v) is 7.06. The fraction of sp³-hybridized carbons (Fsp3) is 0.222. The maximum Gasteiger partial charge on any atom is 0.0621 e. The summed E-state index contributed by atoms with van der Waals surface area (Å²) in [4.78, 5) is 0. The van der Waals surface area contributed by atoms with Gasteiger partial charge in [-0.25, -0.2) is 0 Å². The van der Waals surface area contributed by atoms with E-state index in [9.17, 15) is 0 Å². The molecule has 0 spiro atoms. The van der Waals surface area contributed by atoms with Crippen LogP contribution in [0.25, 0.3) is 12.2 Å². The Balaban J connectivity index is 0.000000444. The van der Waals surface area contributed by atoms with Crippen LogP contribution in [0.15, 0.2) is 48.5 Å². The molecule has 2 rings (SSSR count). The van der Waals surface area contributed by atoms with E-state index in [1.807, 2.05) is 54.6 Å². The molecule has 2 aromatic carbocycles. The molecule has 0 amide bonds. The molecule has 4 N–H and O–H groups in total. The van der Waals surface area contributed by atoms with Gasteiger partial charge < -0.3 is 11.5 Å². The number of hydrogen-bond donors (Lipinski definition) is 2. The molecule has 2 nitrogen and oxygen atoms in total. The third-order valence-electron chi connectivity index (χ3n) is 2.93. The normalized spacial score (nSPS) is 10.1. The highest BCUT2D eigenvalue weighted by atomic mass is 14.7. The molecule has 0 fully saturated rings. The summed E-state index contributed by atoms with van der Waals surface area (Å²) in [5.74, 6) is 0. The van der Waals surface area contributed by atoms with Crippen LogP contribution >= 0.6 is 0 Å². The molecular weight excluding hydrogens is 244 g/mol. The van der Waals surface area contributed by atoms with E-state index in [0.717, 1.165) is 11.1 Å². The van der Waals surface area contributed by atoms with Crippen molar-refractivity contribution in [2.45, 2.75) is 26.7 Å². The van der Waals surface area contributed by atoms with E-state index < -0.39 is 0 Å². The molecule has 0 unspecified atom stereocenters. The van der Waals surface area contributed by atoms with E-state index in [4.69, 9.17) is 11.5 Å². The molecule has 2 heteroatoms. The SMILES string of the molecule is CCCC.Nc1cccc(C=Cc2ccccc2)c1N. The maximum atomic E-state index is 5.87. The van der Waals surface area contributed by atoms with Crippen molar-refractivity contribution in [3.8, 4) is 0 Å². The number of nitrogen functional groups attached to an aromatic ring is 2. The van der Waals surface area contributed by atoms with Gasteiger partial charge in [0.2, 0.25) is 0 Å². The Morgan fingerprint density at radius 2 is 1.45 bits per heavy atom. The van der Waals surface area contributed by atoms with E-state index in [-0.39, 0.29) is 0 Å². The van der Waals surface area contributed by atoms with Gasteiger partial charge in [-0.05, 0) is 17.2 Å². The van der Waals surface area contributed by atoms with Crippen LogP contribution < -0.4 is 11.5 Å². The van der Waals surface area contributed by atoms with E-state index in [2.05, 4.69) is 13.8 Å². The van der Waals surface area contributed by atoms with Crippen LogP contribution in [0.1, 0.15) is 37.8 Å². The van der Waals surface area contributed by atoms with Crippen molar-refractivity contribution in [3.05, 3.63) is 59.7 Å². The fourth-order valence-corrected chi connectivity index (χ4v) is 1.50. The van der Waals surface area contributed by atoms with Gasteiger partial charge in [-0.3, -0.25) is 0 Å². The lowest BCUT2D eigenvalue weighted by Gasteiger charge is -2.03. The Morgan fingerprint density at radius 3 is 2.05 bits per heavy atom. The molecule has 0 aliphatic heterocycles. The van der Waals surface area contributed by atoms with Crippen molar-refractivity contribution in [2.75, 3.05) is 11.5 Å². The molecule has 0 radical (unpaired) electrons. The minimum Gasteiger partial charge on any atom is -0.397 e. The topological polar surface area (TPSA) is 52.0 Å².